The third-order valence-corrected chi connectivity index (χ3v) is 6.12. The first kappa shape index (κ1) is 26.8. The Hall–Kier alpha value is -2.80. The molecule has 192 valence electrons. The number of nitrogens with zero attached hydrogens (tertiary/aromatic N) is 1. The molecule has 1 saturated heterocycles. The van der Waals surface area contributed by atoms with E-state index in [4.69, 9.17) is 14.2 Å². The Labute approximate surface area is 208 Å². The maximum absolute atomic E-state index is 12.7. The zero-order valence-electron chi connectivity index (χ0n) is 20.8. The van der Waals surface area contributed by atoms with Crippen molar-refractivity contribution in [3.05, 3.63) is 54.1 Å². The number of carbonyl (C=O) groups excluding carboxylic acids is 1. The molecule has 0 aromatic heterocycles. The van der Waals surface area contributed by atoms with E-state index in [1.807, 2.05) is 36.4 Å². The second-order valence-electron chi connectivity index (χ2n) is 8.99. The monoisotopic (exact) mass is 486 g/mol. The summed E-state index contributed by atoms with van der Waals surface area (Å²) in [5, 5.41) is 3.25. The predicted octanol–water partition coefficient (Wildman–Crippen LogP) is 4.81. The van der Waals surface area contributed by atoms with E-state index < -0.39 is 0 Å². The van der Waals surface area contributed by atoms with Crippen molar-refractivity contribution in [2.75, 3.05) is 46.6 Å². The molecule has 1 aliphatic heterocycles. The average molecular weight is 487 g/mol. The van der Waals surface area contributed by atoms with Gasteiger partial charge in [-0.05, 0) is 93.6 Å². The Morgan fingerprint density at radius 3 is 2.14 bits per heavy atom. The van der Waals surface area contributed by atoms with Crippen molar-refractivity contribution in [1.29, 1.82) is 0 Å². The second kappa shape index (κ2) is 15.2. The van der Waals surface area contributed by atoms with Crippen LogP contribution >= 0.6 is 0 Å². The van der Waals surface area contributed by atoms with E-state index >= 15 is 0 Å². The molecule has 0 spiro atoms. The van der Waals surface area contributed by atoms with Crippen LogP contribution < -0.4 is 19.5 Å². The first-order valence-corrected chi connectivity index (χ1v) is 12.7. The quantitative estimate of drug-likeness (QED) is 0.345. The molecule has 0 aliphatic carbocycles. The number of hydrogen-bond donors (Lipinski definition) is 1. The molecule has 6 nitrogen and oxygen atoms in total. The van der Waals surface area contributed by atoms with Gasteiger partial charge in [-0.25, -0.2) is 0 Å². The van der Waals surface area contributed by atoms with Crippen molar-refractivity contribution in [2.45, 2.75) is 51.0 Å². The molecule has 0 unspecified atom stereocenters. The number of alkyl halides is 1. The Kier molecular flexibility index (Phi) is 11.7. The Balaban J connectivity index is 1.44. The normalized spacial score (nSPS) is 14.5. The minimum absolute atomic E-state index is 0.0550. The van der Waals surface area contributed by atoms with Crippen LogP contribution in [0.2, 0.25) is 0 Å². The molecule has 1 N–H and O–H groups in total. The van der Waals surface area contributed by atoms with Crippen LogP contribution in [-0.4, -0.2) is 63.5 Å². The average Bonchev–Trinajstić information content (AvgIpc) is 3.39. The van der Waals surface area contributed by atoms with Crippen LogP contribution in [0, 0.1) is 0 Å². The largest absolute Gasteiger partial charge is 0.497 e. The van der Waals surface area contributed by atoms with Crippen molar-refractivity contribution in [2.24, 2.45) is 0 Å². The highest BCUT2D eigenvalue weighted by atomic mass is 19.1. The van der Waals surface area contributed by atoms with Crippen LogP contribution in [0.3, 0.4) is 0 Å². The molecule has 1 fully saturated rings. The van der Waals surface area contributed by atoms with Gasteiger partial charge in [-0.2, -0.15) is 0 Å². The molecule has 2 aromatic rings. The Morgan fingerprint density at radius 1 is 0.914 bits per heavy atom. The number of unbranched alkanes of at least 4 members (excludes halogenated alkanes) is 1. The van der Waals surface area contributed by atoms with Crippen LogP contribution in [0.1, 0.15) is 44.1 Å². The van der Waals surface area contributed by atoms with Gasteiger partial charge in [0.25, 0.3) is 0 Å². The first-order chi connectivity index (χ1) is 17.2. The van der Waals surface area contributed by atoms with Gasteiger partial charge in [-0.1, -0.05) is 12.1 Å². The van der Waals surface area contributed by atoms with Gasteiger partial charge >= 0.3 is 0 Å². The molecule has 1 atom stereocenters. The summed E-state index contributed by atoms with van der Waals surface area (Å²) in [4.78, 5) is 15.1. The van der Waals surface area contributed by atoms with Crippen molar-refractivity contribution >= 4 is 5.91 Å². The van der Waals surface area contributed by atoms with E-state index in [1.165, 1.54) is 12.8 Å². The van der Waals surface area contributed by atoms with Crippen molar-refractivity contribution < 1.29 is 23.4 Å². The zero-order valence-corrected chi connectivity index (χ0v) is 20.8. The summed E-state index contributed by atoms with van der Waals surface area (Å²) in [5.74, 6) is 2.41. The SMILES string of the molecule is COc1ccc(OCCCC(=O)N[C@@H](Cc2ccc(OCCCCF)cc2)CN2CCCC2)cc1. The lowest BCUT2D eigenvalue weighted by Gasteiger charge is -2.25. The number of amides is 1. The van der Waals surface area contributed by atoms with Crippen LogP contribution in [0.5, 0.6) is 17.2 Å². The van der Waals surface area contributed by atoms with Gasteiger partial charge in [0, 0.05) is 19.0 Å². The molecule has 0 saturated carbocycles. The number of methoxy groups -OCH3 is 1. The van der Waals surface area contributed by atoms with Gasteiger partial charge in [0.1, 0.15) is 17.2 Å². The number of carbonyl (C=O) groups is 1. The highest BCUT2D eigenvalue weighted by Crippen LogP contribution is 2.18. The molecule has 35 heavy (non-hydrogen) atoms. The lowest BCUT2D eigenvalue weighted by atomic mass is 10.0. The van der Waals surface area contributed by atoms with Crippen molar-refractivity contribution in [3.63, 3.8) is 0 Å². The van der Waals surface area contributed by atoms with Crippen molar-refractivity contribution in [3.8, 4) is 17.2 Å². The number of halogens is 1. The lowest BCUT2D eigenvalue weighted by molar-refractivity contribution is -0.122. The third-order valence-electron chi connectivity index (χ3n) is 6.12. The molecular formula is C28H39FN2O4. The van der Waals surface area contributed by atoms with E-state index in [1.54, 1.807) is 7.11 Å². The summed E-state index contributed by atoms with van der Waals surface area (Å²) in [5.41, 5.74) is 1.16. The standard InChI is InChI=1S/C28H39FN2O4/c1-33-25-12-14-27(15-13-25)35-20-6-7-28(32)30-24(22-31-17-3-4-18-31)21-23-8-10-26(11-9-23)34-19-5-2-16-29/h8-15,24H,2-7,16-22H2,1H3,(H,30,32)/t24-/m0/s1. The van der Waals surface area contributed by atoms with Crippen molar-refractivity contribution in [1.82, 2.24) is 10.2 Å². The minimum atomic E-state index is -0.303. The predicted molar refractivity (Wildman–Crippen MR) is 136 cm³/mol. The third kappa shape index (κ3) is 10.1. The van der Waals surface area contributed by atoms with Gasteiger partial charge in [0.15, 0.2) is 0 Å². The summed E-state index contributed by atoms with van der Waals surface area (Å²) < 4.78 is 28.8. The lowest BCUT2D eigenvalue weighted by Crippen LogP contribution is -2.44. The molecular weight excluding hydrogens is 447 g/mol. The summed E-state index contributed by atoms with van der Waals surface area (Å²) in [7, 11) is 1.63. The molecule has 2 aromatic carbocycles. The van der Waals surface area contributed by atoms with Gasteiger partial charge in [-0.15, -0.1) is 0 Å². The van der Waals surface area contributed by atoms with Crippen LogP contribution in [0.4, 0.5) is 4.39 Å². The smallest absolute Gasteiger partial charge is 0.220 e. The van der Waals surface area contributed by atoms with E-state index in [0.717, 1.165) is 48.9 Å². The first-order valence-electron chi connectivity index (χ1n) is 12.7. The fraction of sp³-hybridized carbons (Fsp3) is 0.536. The molecule has 3 rings (SSSR count). The second-order valence-corrected chi connectivity index (χ2v) is 8.99. The van der Waals surface area contributed by atoms with Crippen LogP contribution in [-0.2, 0) is 11.2 Å². The summed E-state index contributed by atoms with van der Waals surface area (Å²) in [6.07, 6.45) is 5.54. The number of benzene rings is 2. The minimum Gasteiger partial charge on any atom is -0.497 e. The molecule has 0 radical (unpaired) electrons. The number of ether oxygens (including phenoxy) is 3. The van der Waals surface area contributed by atoms with E-state index in [0.29, 0.717) is 38.9 Å². The molecule has 1 heterocycles. The van der Waals surface area contributed by atoms with Gasteiger partial charge in [-0.3, -0.25) is 9.18 Å². The van der Waals surface area contributed by atoms with Gasteiger partial charge < -0.3 is 24.4 Å². The molecule has 1 aliphatic rings. The molecule has 0 bridgehead atoms. The Morgan fingerprint density at radius 2 is 1.51 bits per heavy atom. The number of rotatable bonds is 16. The maximum Gasteiger partial charge on any atom is 0.220 e. The van der Waals surface area contributed by atoms with Gasteiger partial charge in [0.05, 0.1) is 27.0 Å². The maximum atomic E-state index is 12.7. The number of likely N-dealkylation sites (tertiary alicyclic amines) is 1. The topological polar surface area (TPSA) is 60.0 Å². The number of hydrogen-bond acceptors (Lipinski definition) is 5. The van der Waals surface area contributed by atoms with Crippen LogP contribution in [0.15, 0.2) is 48.5 Å². The summed E-state index contributed by atoms with van der Waals surface area (Å²) in [6, 6.07) is 15.5. The van der Waals surface area contributed by atoms with Crippen LogP contribution in [0.25, 0.3) is 0 Å². The summed E-state index contributed by atoms with van der Waals surface area (Å²) in [6.45, 7) is 3.75. The molecule has 7 heteroatoms. The molecule has 1 amide bonds. The highest BCUT2D eigenvalue weighted by molar-refractivity contribution is 5.76. The fourth-order valence-electron chi connectivity index (χ4n) is 4.23. The number of nitrogens with one attached hydrogen (secondary N) is 1. The fourth-order valence-corrected chi connectivity index (χ4v) is 4.23. The zero-order chi connectivity index (χ0) is 24.7. The summed E-state index contributed by atoms with van der Waals surface area (Å²) >= 11 is 0. The van der Waals surface area contributed by atoms with E-state index in [9.17, 15) is 9.18 Å². The van der Waals surface area contributed by atoms with E-state index in [2.05, 4.69) is 22.3 Å². The van der Waals surface area contributed by atoms with Gasteiger partial charge in [0.2, 0.25) is 5.91 Å². The van der Waals surface area contributed by atoms with E-state index in [-0.39, 0.29) is 18.6 Å². The Bertz CT molecular complexity index is 854. The highest BCUT2D eigenvalue weighted by Gasteiger charge is 2.19.